The zero-order chi connectivity index (χ0) is 19.3. The second kappa shape index (κ2) is 8.25. The number of nitrogens with zero attached hydrogens (tertiary/aromatic N) is 3. The van der Waals surface area contributed by atoms with Crippen molar-refractivity contribution in [2.24, 2.45) is 0 Å². The summed E-state index contributed by atoms with van der Waals surface area (Å²) in [4.78, 5) is 14.8. The molecule has 144 valence electrons. The molecule has 1 atom stereocenters. The van der Waals surface area contributed by atoms with Crippen LogP contribution in [0.5, 0.6) is 0 Å². The smallest absolute Gasteiger partial charge is 0.257 e. The molecule has 0 radical (unpaired) electrons. The third kappa shape index (κ3) is 4.39. The first-order valence-corrected chi connectivity index (χ1v) is 9.55. The van der Waals surface area contributed by atoms with Crippen LogP contribution in [-0.2, 0) is 6.54 Å². The summed E-state index contributed by atoms with van der Waals surface area (Å²) in [6.45, 7) is 1.96. The van der Waals surface area contributed by atoms with E-state index in [1.807, 2.05) is 41.3 Å². The van der Waals surface area contributed by atoms with Gasteiger partial charge in [-0.2, -0.15) is 5.10 Å². The first kappa shape index (κ1) is 18.2. The molecule has 0 spiro atoms. The maximum atomic E-state index is 13.4. The van der Waals surface area contributed by atoms with Crippen LogP contribution in [0.15, 0.2) is 67.0 Å². The summed E-state index contributed by atoms with van der Waals surface area (Å²) >= 11 is 0. The van der Waals surface area contributed by atoms with E-state index in [0.29, 0.717) is 18.7 Å². The van der Waals surface area contributed by atoms with E-state index >= 15 is 0 Å². The van der Waals surface area contributed by atoms with E-state index < -0.39 is 0 Å². The summed E-state index contributed by atoms with van der Waals surface area (Å²) in [5, 5.41) is 7.68. The molecule has 1 aromatic heterocycles. The summed E-state index contributed by atoms with van der Waals surface area (Å²) in [5.41, 5.74) is 2.49. The van der Waals surface area contributed by atoms with Crippen molar-refractivity contribution in [1.82, 2.24) is 14.7 Å². The number of rotatable bonds is 5. The van der Waals surface area contributed by atoms with Crippen molar-refractivity contribution >= 4 is 11.6 Å². The van der Waals surface area contributed by atoms with Gasteiger partial charge in [0, 0.05) is 31.0 Å². The maximum Gasteiger partial charge on any atom is 0.257 e. The maximum absolute atomic E-state index is 13.4. The Morgan fingerprint density at radius 3 is 2.86 bits per heavy atom. The molecule has 28 heavy (non-hydrogen) atoms. The van der Waals surface area contributed by atoms with E-state index in [2.05, 4.69) is 10.4 Å². The van der Waals surface area contributed by atoms with E-state index in [1.54, 1.807) is 23.1 Å². The van der Waals surface area contributed by atoms with Crippen molar-refractivity contribution in [2.45, 2.75) is 25.4 Å². The highest BCUT2D eigenvalue weighted by Crippen LogP contribution is 2.19. The molecule has 2 heterocycles. The molecule has 0 saturated carbocycles. The molecule has 1 N–H and O–H groups in total. The van der Waals surface area contributed by atoms with E-state index in [9.17, 15) is 9.18 Å². The Balaban J connectivity index is 1.39. The highest BCUT2D eigenvalue weighted by atomic mass is 19.1. The molecular weight excluding hydrogens is 355 g/mol. The van der Waals surface area contributed by atoms with Crippen molar-refractivity contribution in [3.8, 4) is 0 Å². The van der Waals surface area contributed by atoms with Gasteiger partial charge in [0.2, 0.25) is 0 Å². The van der Waals surface area contributed by atoms with E-state index in [0.717, 1.165) is 30.6 Å². The van der Waals surface area contributed by atoms with Gasteiger partial charge in [-0.3, -0.25) is 9.48 Å². The predicted molar refractivity (Wildman–Crippen MR) is 107 cm³/mol. The van der Waals surface area contributed by atoms with E-state index in [-0.39, 0.29) is 17.8 Å². The minimum Gasteiger partial charge on any atom is -0.380 e. The van der Waals surface area contributed by atoms with Gasteiger partial charge in [-0.1, -0.05) is 36.4 Å². The second-order valence-electron chi connectivity index (χ2n) is 7.16. The van der Waals surface area contributed by atoms with Gasteiger partial charge in [0.25, 0.3) is 5.91 Å². The number of anilines is 1. The van der Waals surface area contributed by atoms with Crippen LogP contribution in [0, 0.1) is 5.82 Å². The molecule has 1 aliphatic rings. The van der Waals surface area contributed by atoms with Gasteiger partial charge in [0.15, 0.2) is 0 Å². The summed E-state index contributed by atoms with van der Waals surface area (Å²) in [5.74, 6) is -0.273. The lowest BCUT2D eigenvalue weighted by atomic mass is 10.0. The van der Waals surface area contributed by atoms with Crippen LogP contribution in [0.3, 0.4) is 0 Å². The average molecular weight is 378 g/mol. The number of amides is 1. The van der Waals surface area contributed by atoms with Crippen LogP contribution in [0.25, 0.3) is 0 Å². The van der Waals surface area contributed by atoms with Crippen molar-refractivity contribution in [3.63, 3.8) is 0 Å². The lowest BCUT2D eigenvalue weighted by Gasteiger charge is -2.33. The fourth-order valence-corrected chi connectivity index (χ4v) is 3.61. The van der Waals surface area contributed by atoms with Gasteiger partial charge in [0.1, 0.15) is 5.82 Å². The number of nitrogens with one attached hydrogen (secondary N) is 1. The molecule has 1 saturated heterocycles. The average Bonchev–Trinajstić information content (AvgIpc) is 3.17. The molecule has 0 unspecified atom stereocenters. The summed E-state index contributed by atoms with van der Waals surface area (Å²) in [7, 11) is 0. The van der Waals surface area contributed by atoms with Gasteiger partial charge in [-0.15, -0.1) is 0 Å². The number of carbonyl (C=O) groups is 1. The molecule has 0 aliphatic carbocycles. The van der Waals surface area contributed by atoms with E-state index in [4.69, 9.17) is 0 Å². The third-order valence-corrected chi connectivity index (χ3v) is 4.97. The van der Waals surface area contributed by atoms with Crippen LogP contribution >= 0.6 is 0 Å². The molecule has 1 fully saturated rings. The molecule has 0 bridgehead atoms. The molecule has 6 heteroatoms. The van der Waals surface area contributed by atoms with Crippen LogP contribution in [0.1, 0.15) is 28.8 Å². The van der Waals surface area contributed by atoms with Crippen LogP contribution in [-0.4, -0.2) is 39.7 Å². The lowest BCUT2D eigenvalue weighted by molar-refractivity contribution is 0.0714. The molecular formula is C22H23FN4O. The van der Waals surface area contributed by atoms with Crippen LogP contribution < -0.4 is 5.32 Å². The Kier molecular flexibility index (Phi) is 5.37. The number of carbonyl (C=O) groups excluding carboxylic acids is 1. The fraction of sp³-hybridized carbons (Fsp3) is 0.273. The number of benzene rings is 2. The third-order valence-electron chi connectivity index (χ3n) is 4.97. The van der Waals surface area contributed by atoms with E-state index in [1.165, 1.54) is 12.1 Å². The van der Waals surface area contributed by atoms with Crippen molar-refractivity contribution in [3.05, 3.63) is 83.9 Å². The predicted octanol–water partition coefficient (Wildman–Crippen LogP) is 3.79. The van der Waals surface area contributed by atoms with Gasteiger partial charge >= 0.3 is 0 Å². The summed E-state index contributed by atoms with van der Waals surface area (Å²) < 4.78 is 15.2. The minimum atomic E-state index is -0.264. The van der Waals surface area contributed by atoms with Crippen molar-refractivity contribution < 1.29 is 9.18 Å². The lowest BCUT2D eigenvalue weighted by Crippen LogP contribution is -2.45. The molecule has 1 aliphatic heterocycles. The number of halogens is 1. The Morgan fingerprint density at radius 1 is 1.18 bits per heavy atom. The Labute approximate surface area is 163 Å². The molecule has 4 rings (SSSR count). The van der Waals surface area contributed by atoms with Gasteiger partial charge in [-0.05, 0) is 36.6 Å². The zero-order valence-corrected chi connectivity index (χ0v) is 15.6. The Hall–Kier alpha value is -3.15. The van der Waals surface area contributed by atoms with Gasteiger partial charge < -0.3 is 10.2 Å². The number of piperidine rings is 1. The number of aromatic nitrogens is 2. The largest absolute Gasteiger partial charge is 0.380 e. The Bertz CT molecular complexity index is 940. The van der Waals surface area contributed by atoms with Crippen LogP contribution in [0.2, 0.25) is 0 Å². The molecule has 1 amide bonds. The quantitative estimate of drug-likeness (QED) is 0.735. The minimum absolute atomic E-state index is 0.00921. The van der Waals surface area contributed by atoms with Gasteiger partial charge in [0.05, 0.1) is 18.3 Å². The normalized spacial score (nSPS) is 16.8. The highest BCUT2D eigenvalue weighted by molar-refractivity contribution is 5.93. The standard InChI is InChI=1S/C22H23FN4O/c23-19-8-4-9-20(12-19)25-21-10-5-11-26(16-21)22(28)18-13-24-27(15-18)14-17-6-2-1-3-7-17/h1-4,6-9,12-13,15,21,25H,5,10-11,14,16H2/t21-/m0/s1. The SMILES string of the molecule is O=C(c1cnn(Cc2ccccc2)c1)N1CCC[C@H](Nc2cccc(F)c2)C1. The van der Waals surface area contributed by atoms with Crippen LogP contribution in [0.4, 0.5) is 10.1 Å². The van der Waals surface area contributed by atoms with Crippen molar-refractivity contribution in [1.29, 1.82) is 0 Å². The topological polar surface area (TPSA) is 50.2 Å². The summed E-state index contributed by atoms with van der Waals surface area (Å²) in [6.07, 6.45) is 5.30. The van der Waals surface area contributed by atoms with Gasteiger partial charge in [-0.25, -0.2) is 4.39 Å². The highest BCUT2D eigenvalue weighted by Gasteiger charge is 2.25. The number of likely N-dealkylation sites (tertiary alicyclic amines) is 1. The summed E-state index contributed by atoms with van der Waals surface area (Å²) in [6, 6.07) is 16.6. The second-order valence-corrected chi connectivity index (χ2v) is 7.16. The van der Waals surface area contributed by atoms with Crippen molar-refractivity contribution in [2.75, 3.05) is 18.4 Å². The first-order valence-electron chi connectivity index (χ1n) is 9.55. The number of hydrogen-bond donors (Lipinski definition) is 1. The zero-order valence-electron chi connectivity index (χ0n) is 15.6. The first-order chi connectivity index (χ1) is 13.7. The molecule has 5 nitrogen and oxygen atoms in total. The monoisotopic (exact) mass is 378 g/mol. The molecule has 2 aromatic carbocycles. The Morgan fingerprint density at radius 2 is 2.04 bits per heavy atom. The number of hydrogen-bond acceptors (Lipinski definition) is 3. The molecule has 3 aromatic rings. The fourth-order valence-electron chi connectivity index (χ4n) is 3.61.